The van der Waals surface area contributed by atoms with E-state index in [4.69, 9.17) is 5.11 Å². The zero-order valence-electron chi connectivity index (χ0n) is 9.62. The Kier molecular flexibility index (Phi) is 4.15. The van der Waals surface area contributed by atoms with Gasteiger partial charge in [0.2, 0.25) is 10.0 Å². The summed E-state index contributed by atoms with van der Waals surface area (Å²) in [6.07, 6.45) is 0.718. The maximum absolute atomic E-state index is 13.4. The van der Waals surface area contributed by atoms with Crippen LogP contribution in [0.1, 0.15) is 10.4 Å². The summed E-state index contributed by atoms with van der Waals surface area (Å²) in [6, 6.07) is 2.52. The van der Waals surface area contributed by atoms with E-state index in [2.05, 4.69) is 0 Å². The van der Waals surface area contributed by atoms with Crippen LogP contribution in [0, 0.1) is 5.82 Å². The minimum absolute atomic E-state index is 0.358. The number of aromatic carboxylic acids is 1. The minimum Gasteiger partial charge on any atom is -0.478 e. The lowest BCUT2D eigenvalue weighted by Gasteiger charge is -2.08. The fourth-order valence-electron chi connectivity index (χ4n) is 1.21. The molecule has 0 aliphatic carbocycles. The number of rotatable bonds is 5. The zero-order chi connectivity index (χ0) is 14.8. The summed E-state index contributed by atoms with van der Waals surface area (Å²) in [5, 5.41) is 7.41. The molecule has 1 rings (SSSR count). The van der Waals surface area contributed by atoms with Crippen molar-refractivity contribution >= 4 is 31.5 Å². The molecule has 0 aromatic heterocycles. The fraction of sp³-hybridized carbons (Fsp3) is 0.222. The van der Waals surface area contributed by atoms with Gasteiger partial charge in [0.1, 0.15) is 5.82 Å². The second-order valence-electron chi connectivity index (χ2n) is 3.76. The van der Waals surface area contributed by atoms with E-state index in [1.165, 1.54) is 0 Å². The SMILES string of the molecule is CS(=O)(=O)CS(=O)(=O)Nc1ccc(C(=O)O)cc1F. The summed E-state index contributed by atoms with van der Waals surface area (Å²) in [5.41, 5.74) is -0.878. The van der Waals surface area contributed by atoms with Gasteiger partial charge in [0.25, 0.3) is 0 Å². The fourth-order valence-corrected chi connectivity index (χ4v) is 4.20. The van der Waals surface area contributed by atoms with Gasteiger partial charge in [-0.15, -0.1) is 0 Å². The molecule has 106 valence electrons. The van der Waals surface area contributed by atoms with Crippen molar-refractivity contribution in [2.75, 3.05) is 16.1 Å². The van der Waals surface area contributed by atoms with Crippen molar-refractivity contribution in [3.05, 3.63) is 29.6 Å². The van der Waals surface area contributed by atoms with E-state index in [-0.39, 0.29) is 5.56 Å². The molecule has 19 heavy (non-hydrogen) atoms. The Bertz CT molecular complexity index is 710. The van der Waals surface area contributed by atoms with E-state index in [0.717, 1.165) is 18.4 Å². The van der Waals surface area contributed by atoms with Crippen LogP contribution in [0.15, 0.2) is 18.2 Å². The highest BCUT2D eigenvalue weighted by Crippen LogP contribution is 2.17. The van der Waals surface area contributed by atoms with E-state index in [9.17, 15) is 26.0 Å². The molecule has 0 saturated carbocycles. The molecule has 0 atom stereocenters. The van der Waals surface area contributed by atoms with Gasteiger partial charge in [-0.25, -0.2) is 26.0 Å². The number of anilines is 1. The van der Waals surface area contributed by atoms with Gasteiger partial charge >= 0.3 is 5.97 Å². The van der Waals surface area contributed by atoms with Crippen molar-refractivity contribution in [1.29, 1.82) is 0 Å². The third-order valence-electron chi connectivity index (χ3n) is 1.85. The molecule has 7 nitrogen and oxygen atoms in total. The maximum atomic E-state index is 13.4. The van der Waals surface area contributed by atoms with Crippen molar-refractivity contribution in [2.45, 2.75) is 0 Å². The average Bonchev–Trinajstić information content (AvgIpc) is 2.16. The summed E-state index contributed by atoms with van der Waals surface area (Å²) in [5.74, 6) is -2.48. The quantitative estimate of drug-likeness (QED) is 0.806. The van der Waals surface area contributed by atoms with Crippen molar-refractivity contribution in [3.8, 4) is 0 Å². The van der Waals surface area contributed by atoms with E-state index in [0.29, 0.717) is 6.07 Å². The third-order valence-corrected chi connectivity index (χ3v) is 5.34. The van der Waals surface area contributed by atoms with Crippen LogP contribution in [0.2, 0.25) is 0 Å². The Hall–Kier alpha value is -1.68. The molecule has 1 aromatic rings. The average molecular weight is 311 g/mol. The molecule has 0 aliphatic rings. The summed E-state index contributed by atoms with van der Waals surface area (Å²) in [4.78, 5) is 10.6. The first kappa shape index (κ1) is 15.4. The molecular weight excluding hydrogens is 301 g/mol. The first-order valence-corrected chi connectivity index (χ1v) is 8.42. The minimum atomic E-state index is -4.27. The molecule has 0 heterocycles. The van der Waals surface area contributed by atoms with Gasteiger partial charge in [-0.1, -0.05) is 0 Å². The highest BCUT2D eigenvalue weighted by atomic mass is 32.3. The van der Waals surface area contributed by atoms with Crippen LogP contribution >= 0.6 is 0 Å². The Morgan fingerprint density at radius 2 is 1.89 bits per heavy atom. The van der Waals surface area contributed by atoms with Gasteiger partial charge in [0, 0.05) is 6.26 Å². The molecule has 0 saturated heterocycles. The zero-order valence-corrected chi connectivity index (χ0v) is 11.3. The number of sulfone groups is 1. The number of halogens is 1. The molecule has 1 aromatic carbocycles. The van der Waals surface area contributed by atoms with Crippen LogP contribution in [0.4, 0.5) is 10.1 Å². The lowest BCUT2D eigenvalue weighted by Crippen LogP contribution is -2.22. The van der Waals surface area contributed by atoms with Gasteiger partial charge in [-0.3, -0.25) is 4.72 Å². The van der Waals surface area contributed by atoms with Crippen LogP contribution in [0.5, 0.6) is 0 Å². The van der Waals surface area contributed by atoms with Crippen LogP contribution in [-0.2, 0) is 19.9 Å². The predicted molar refractivity (Wildman–Crippen MR) is 65.6 cm³/mol. The van der Waals surface area contributed by atoms with Crippen LogP contribution in [0.3, 0.4) is 0 Å². The molecule has 0 spiro atoms. The van der Waals surface area contributed by atoms with Crippen LogP contribution < -0.4 is 4.72 Å². The number of benzene rings is 1. The monoisotopic (exact) mass is 311 g/mol. The van der Waals surface area contributed by atoms with Crippen molar-refractivity contribution in [1.82, 2.24) is 0 Å². The molecule has 0 bridgehead atoms. The number of carbonyl (C=O) groups is 1. The van der Waals surface area contributed by atoms with Crippen LogP contribution in [0.25, 0.3) is 0 Å². The second kappa shape index (κ2) is 5.13. The highest BCUT2D eigenvalue weighted by Gasteiger charge is 2.20. The second-order valence-corrected chi connectivity index (χ2v) is 7.99. The summed E-state index contributed by atoms with van der Waals surface area (Å²) in [6.45, 7) is 0. The Morgan fingerprint density at radius 1 is 1.32 bits per heavy atom. The molecule has 0 fully saturated rings. The Balaban J connectivity index is 3.04. The standard InChI is InChI=1S/C9H10FNO6S2/c1-18(14,15)5-19(16,17)11-8-3-2-6(9(12)13)4-7(8)10/h2-4,11H,5H2,1H3,(H,12,13). The third kappa shape index (κ3) is 4.83. The van der Waals surface area contributed by atoms with E-state index >= 15 is 0 Å². The number of carboxylic acids is 1. The van der Waals surface area contributed by atoms with Crippen LogP contribution in [-0.4, -0.2) is 39.3 Å². The van der Waals surface area contributed by atoms with E-state index < -0.39 is 42.4 Å². The first-order chi connectivity index (χ1) is 8.50. The molecule has 10 heteroatoms. The molecule has 2 N–H and O–H groups in total. The number of sulfonamides is 1. The lowest BCUT2D eigenvalue weighted by molar-refractivity contribution is 0.0696. The largest absolute Gasteiger partial charge is 0.478 e. The lowest BCUT2D eigenvalue weighted by atomic mass is 10.2. The first-order valence-electron chi connectivity index (χ1n) is 4.71. The Morgan fingerprint density at radius 3 is 2.32 bits per heavy atom. The van der Waals surface area contributed by atoms with Crippen molar-refractivity contribution in [2.24, 2.45) is 0 Å². The molecule has 0 aliphatic heterocycles. The van der Waals surface area contributed by atoms with Gasteiger partial charge < -0.3 is 5.11 Å². The Labute approximate surface area is 109 Å². The summed E-state index contributed by atoms with van der Waals surface area (Å²) >= 11 is 0. The van der Waals surface area contributed by atoms with Gasteiger partial charge in [-0.05, 0) is 18.2 Å². The normalized spacial score (nSPS) is 12.1. The topological polar surface area (TPSA) is 118 Å². The number of nitrogens with one attached hydrogen (secondary N) is 1. The van der Waals surface area contributed by atoms with E-state index in [1.54, 1.807) is 4.72 Å². The molecule has 0 radical (unpaired) electrons. The predicted octanol–water partition coefficient (Wildman–Crippen LogP) is 0.268. The van der Waals surface area contributed by atoms with Crippen molar-refractivity contribution < 1.29 is 31.1 Å². The number of carboxylic acid groups (broad SMARTS) is 1. The summed E-state index contributed by atoms with van der Waals surface area (Å²) in [7, 11) is -8.08. The van der Waals surface area contributed by atoms with E-state index in [1.807, 2.05) is 0 Å². The number of hydrogen-bond donors (Lipinski definition) is 2. The molecule has 0 unspecified atom stereocenters. The molecule has 0 amide bonds. The van der Waals surface area contributed by atoms with Crippen molar-refractivity contribution in [3.63, 3.8) is 0 Å². The van der Waals surface area contributed by atoms with Gasteiger partial charge in [0.15, 0.2) is 14.9 Å². The number of hydrogen-bond acceptors (Lipinski definition) is 5. The summed E-state index contributed by atoms with van der Waals surface area (Å²) < 4.78 is 59.7. The van der Waals surface area contributed by atoms with Gasteiger partial charge in [-0.2, -0.15) is 0 Å². The highest BCUT2D eigenvalue weighted by molar-refractivity contribution is 8.08. The van der Waals surface area contributed by atoms with Gasteiger partial charge in [0.05, 0.1) is 11.3 Å². The smallest absolute Gasteiger partial charge is 0.335 e. The maximum Gasteiger partial charge on any atom is 0.335 e. The molecular formula is C9H10FNO6S2.